The van der Waals surface area contributed by atoms with Crippen LogP contribution < -0.4 is 10.6 Å². The van der Waals surface area contributed by atoms with Crippen molar-refractivity contribution >= 4 is 22.6 Å². The predicted molar refractivity (Wildman–Crippen MR) is 110 cm³/mol. The van der Waals surface area contributed by atoms with E-state index in [4.69, 9.17) is 0 Å². The molecule has 4 nitrogen and oxygen atoms in total. The lowest BCUT2D eigenvalue weighted by atomic mass is 9.91. The Balaban J connectivity index is 1.35. The molecule has 1 aromatic heterocycles. The van der Waals surface area contributed by atoms with Crippen LogP contribution in [0.2, 0.25) is 0 Å². The van der Waals surface area contributed by atoms with Gasteiger partial charge in [-0.15, -0.1) is 0 Å². The normalized spacial score (nSPS) is 18.9. The van der Waals surface area contributed by atoms with Crippen molar-refractivity contribution in [2.45, 2.75) is 44.7 Å². The number of nitrogens with zero attached hydrogens (tertiary/aromatic N) is 1. The van der Waals surface area contributed by atoms with Crippen LogP contribution in [-0.4, -0.2) is 23.0 Å². The minimum Gasteiger partial charge on any atom is -0.367 e. The Morgan fingerprint density at radius 3 is 2.43 bits per heavy atom. The van der Waals surface area contributed by atoms with E-state index in [0.717, 1.165) is 47.3 Å². The Kier molecular flexibility index (Phi) is 5.61. The summed E-state index contributed by atoms with van der Waals surface area (Å²) >= 11 is 0. The summed E-state index contributed by atoms with van der Waals surface area (Å²) in [6.07, 6.45) is 3.00. The molecule has 0 spiro atoms. The smallest absolute Gasteiger partial charge is 0.254 e. The number of carbonyl (C=O) groups is 1. The molecule has 2 N–H and O–H groups in total. The van der Waals surface area contributed by atoms with Crippen molar-refractivity contribution in [2.75, 3.05) is 5.32 Å². The monoisotopic (exact) mass is 413 g/mol. The average Bonchev–Trinajstić information content (AvgIpc) is 2.73. The molecule has 1 heterocycles. The van der Waals surface area contributed by atoms with Gasteiger partial charge in [-0.3, -0.25) is 4.79 Å². The van der Waals surface area contributed by atoms with Crippen molar-refractivity contribution in [3.63, 3.8) is 0 Å². The summed E-state index contributed by atoms with van der Waals surface area (Å²) in [7, 11) is 0. The second kappa shape index (κ2) is 8.34. The quantitative estimate of drug-likeness (QED) is 0.584. The predicted octanol–water partition coefficient (Wildman–Crippen LogP) is 5.11. The number of benzene rings is 2. The number of rotatable bonds is 4. The van der Waals surface area contributed by atoms with Gasteiger partial charge in [-0.05, 0) is 62.4 Å². The maximum absolute atomic E-state index is 13.8. The van der Waals surface area contributed by atoms with Gasteiger partial charge in [0.2, 0.25) is 0 Å². The second-order valence-corrected chi connectivity index (χ2v) is 7.73. The molecule has 156 valence electrons. The van der Waals surface area contributed by atoms with Crippen LogP contribution in [0.1, 0.15) is 41.6 Å². The first-order valence-corrected chi connectivity index (χ1v) is 9.99. The number of aryl methyl sites for hydroxylation is 1. The molecule has 0 bridgehead atoms. The number of halogens is 3. The minimum atomic E-state index is -1.63. The highest BCUT2D eigenvalue weighted by Gasteiger charge is 2.25. The van der Waals surface area contributed by atoms with Crippen LogP contribution >= 0.6 is 0 Å². The SMILES string of the molecule is Cc1cc(NC2CCC(NC(=O)c3ccc(F)c(F)c3F)CC2)nc2ccccc12. The van der Waals surface area contributed by atoms with E-state index in [9.17, 15) is 18.0 Å². The maximum atomic E-state index is 13.8. The summed E-state index contributed by atoms with van der Waals surface area (Å²) in [4.78, 5) is 16.9. The van der Waals surface area contributed by atoms with Crippen LogP contribution in [0.25, 0.3) is 10.9 Å². The van der Waals surface area contributed by atoms with Crippen molar-refractivity contribution in [1.82, 2.24) is 10.3 Å². The molecule has 2 aromatic carbocycles. The van der Waals surface area contributed by atoms with Crippen molar-refractivity contribution < 1.29 is 18.0 Å². The first-order chi connectivity index (χ1) is 14.4. The van der Waals surface area contributed by atoms with Gasteiger partial charge in [-0.1, -0.05) is 18.2 Å². The summed E-state index contributed by atoms with van der Waals surface area (Å²) in [5, 5.41) is 7.32. The van der Waals surface area contributed by atoms with E-state index in [1.807, 2.05) is 30.3 Å². The Morgan fingerprint density at radius 1 is 0.967 bits per heavy atom. The number of fused-ring (bicyclic) bond motifs is 1. The molecule has 30 heavy (non-hydrogen) atoms. The van der Waals surface area contributed by atoms with Gasteiger partial charge in [-0.2, -0.15) is 0 Å². The lowest BCUT2D eigenvalue weighted by molar-refractivity contribution is 0.0921. The van der Waals surface area contributed by atoms with Gasteiger partial charge < -0.3 is 10.6 Å². The van der Waals surface area contributed by atoms with Crippen LogP contribution in [0, 0.1) is 24.4 Å². The van der Waals surface area contributed by atoms with Crippen LogP contribution in [0.3, 0.4) is 0 Å². The molecule has 7 heteroatoms. The number of hydrogen-bond donors (Lipinski definition) is 2. The Morgan fingerprint density at radius 2 is 1.67 bits per heavy atom. The van der Waals surface area contributed by atoms with Gasteiger partial charge in [0.05, 0.1) is 11.1 Å². The molecule has 0 saturated heterocycles. The summed E-state index contributed by atoms with van der Waals surface area (Å²) in [6.45, 7) is 2.05. The van der Waals surface area contributed by atoms with E-state index in [-0.39, 0.29) is 12.1 Å². The highest BCUT2D eigenvalue weighted by Crippen LogP contribution is 2.25. The number of hydrogen-bond acceptors (Lipinski definition) is 3. The highest BCUT2D eigenvalue weighted by molar-refractivity contribution is 5.94. The first-order valence-electron chi connectivity index (χ1n) is 9.99. The van der Waals surface area contributed by atoms with Gasteiger partial charge >= 0.3 is 0 Å². The summed E-state index contributed by atoms with van der Waals surface area (Å²) in [6, 6.07) is 11.8. The number of anilines is 1. The van der Waals surface area contributed by atoms with Crippen LogP contribution in [0.15, 0.2) is 42.5 Å². The van der Waals surface area contributed by atoms with E-state index in [0.29, 0.717) is 12.8 Å². The van der Waals surface area contributed by atoms with Crippen LogP contribution in [0.4, 0.5) is 19.0 Å². The molecule has 1 fully saturated rings. The second-order valence-electron chi connectivity index (χ2n) is 7.73. The van der Waals surface area contributed by atoms with Gasteiger partial charge in [0.15, 0.2) is 17.5 Å². The van der Waals surface area contributed by atoms with Gasteiger partial charge in [0.25, 0.3) is 5.91 Å². The number of carbonyl (C=O) groups excluding carboxylic acids is 1. The molecule has 1 saturated carbocycles. The molecule has 1 amide bonds. The molecule has 4 rings (SSSR count). The average molecular weight is 413 g/mol. The largest absolute Gasteiger partial charge is 0.367 e. The fourth-order valence-corrected chi connectivity index (χ4v) is 3.98. The lowest BCUT2D eigenvalue weighted by Gasteiger charge is -2.30. The molecule has 0 aliphatic heterocycles. The lowest BCUT2D eigenvalue weighted by Crippen LogP contribution is -2.40. The zero-order chi connectivity index (χ0) is 21.3. The molecular formula is C23H22F3N3O. The Labute approximate surface area is 172 Å². The van der Waals surface area contributed by atoms with Crippen molar-refractivity contribution in [3.05, 3.63) is 71.0 Å². The summed E-state index contributed by atoms with van der Waals surface area (Å²) < 4.78 is 40.2. The molecule has 0 atom stereocenters. The van der Waals surface area contributed by atoms with E-state index in [1.54, 1.807) is 0 Å². The van der Waals surface area contributed by atoms with Crippen LogP contribution in [-0.2, 0) is 0 Å². The zero-order valence-corrected chi connectivity index (χ0v) is 16.5. The molecule has 0 radical (unpaired) electrons. The first kappa shape index (κ1) is 20.2. The van der Waals surface area contributed by atoms with E-state index >= 15 is 0 Å². The summed E-state index contributed by atoms with van der Waals surface area (Å²) in [5.41, 5.74) is 1.61. The molecule has 1 aliphatic rings. The zero-order valence-electron chi connectivity index (χ0n) is 16.5. The number of para-hydroxylation sites is 1. The summed E-state index contributed by atoms with van der Waals surface area (Å²) in [5.74, 6) is -4.31. The standard InChI is InChI=1S/C23H22F3N3O/c1-13-12-20(29-19-5-3-2-4-16(13)19)27-14-6-8-15(9-7-14)28-23(30)17-10-11-18(24)22(26)21(17)25/h2-5,10-12,14-15H,6-9H2,1H3,(H,27,29)(H,28,30). The third kappa shape index (κ3) is 4.10. The molecule has 1 aliphatic carbocycles. The van der Waals surface area contributed by atoms with E-state index in [1.165, 1.54) is 0 Å². The van der Waals surface area contributed by atoms with E-state index in [2.05, 4.69) is 22.5 Å². The van der Waals surface area contributed by atoms with Crippen molar-refractivity contribution in [1.29, 1.82) is 0 Å². The minimum absolute atomic E-state index is 0.144. The Hall–Kier alpha value is -3.09. The number of nitrogens with one attached hydrogen (secondary N) is 2. The van der Waals surface area contributed by atoms with Gasteiger partial charge in [0, 0.05) is 17.5 Å². The fourth-order valence-electron chi connectivity index (χ4n) is 3.98. The highest BCUT2D eigenvalue weighted by atomic mass is 19.2. The van der Waals surface area contributed by atoms with Crippen LogP contribution in [0.5, 0.6) is 0 Å². The maximum Gasteiger partial charge on any atom is 0.254 e. The molecule has 3 aromatic rings. The Bertz CT molecular complexity index is 1090. The van der Waals surface area contributed by atoms with Gasteiger partial charge in [-0.25, -0.2) is 18.2 Å². The van der Waals surface area contributed by atoms with E-state index < -0.39 is 28.9 Å². The third-order valence-electron chi connectivity index (χ3n) is 5.62. The third-order valence-corrected chi connectivity index (χ3v) is 5.62. The fraction of sp³-hybridized carbons (Fsp3) is 0.304. The molecular weight excluding hydrogens is 391 g/mol. The molecule has 0 unspecified atom stereocenters. The van der Waals surface area contributed by atoms with Crippen molar-refractivity contribution in [2.24, 2.45) is 0 Å². The number of pyridine rings is 1. The van der Waals surface area contributed by atoms with Crippen molar-refractivity contribution in [3.8, 4) is 0 Å². The number of amides is 1. The number of aromatic nitrogens is 1. The topological polar surface area (TPSA) is 54.0 Å². The van der Waals surface area contributed by atoms with Gasteiger partial charge in [0.1, 0.15) is 5.82 Å².